The highest BCUT2D eigenvalue weighted by molar-refractivity contribution is 5.94. The van der Waals surface area contributed by atoms with E-state index in [1.54, 1.807) is 19.2 Å². The van der Waals surface area contributed by atoms with Crippen LogP contribution < -0.4 is 4.74 Å². The molecule has 0 saturated heterocycles. The maximum absolute atomic E-state index is 12.5. The second-order valence-electron chi connectivity index (χ2n) is 6.30. The van der Waals surface area contributed by atoms with E-state index in [1.807, 2.05) is 24.3 Å². The van der Waals surface area contributed by atoms with Gasteiger partial charge < -0.3 is 9.15 Å². The van der Waals surface area contributed by atoms with Crippen LogP contribution in [0, 0.1) is 5.92 Å². The summed E-state index contributed by atoms with van der Waals surface area (Å²) in [6, 6.07) is 11.1. The Morgan fingerprint density at radius 3 is 2.67 bits per heavy atom. The van der Waals surface area contributed by atoms with Crippen LogP contribution in [0.15, 0.2) is 47.1 Å². The Hall–Kier alpha value is -2.36. The minimum absolute atomic E-state index is 0.0563. The quantitative estimate of drug-likeness (QED) is 0.738. The van der Waals surface area contributed by atoms with Gasteiger partial charge >= 0.3 is 0 Å². The van der Waals surface area contributed by atoms with E-state index in [1.165, 1.54) is 6.26 Å². The fraction of sp³-hybridized carbons (Fsp3) is 0.400. The third-order valence-corrected chi connectivity index (χ3v) is 4.83. The number of ketones is 2. The van der Waals surface area contributed by atoms with Gasteiger partial charge in [0, 0.05) is 24.7 Å². The highest BCUT2D eigenvalue weighted by Gasteiger charge is 2.33. The predicted molar refractivity (Wildman–Crippen MR) is 90.4 cm³/mol. The van der Waals surface area contributed by atoms with Gasteiger partial charge in [-0.25, -0.2) is 0 Å². The molecule has 126 valence electrons. The molecule has 24 heavy (non-hydrogen) atoms. The summed E-state index contributed by atoms with van der Waals surface area (Å²) in [6.07, 6.45) is 5.25. The number of Topliss-reactive ketones (excluding diaryl/α,β-unsaturated/α-hetero) is 2. The molecule has 1 aliphatic carbocycles. The lowest BCUT2D eigenvalue weighted by Gasteiger charge is -2.29. The Morgan fingerprint density at radius 2 is 2.04 bits per heavy atom. The van der Waals surface area contributed by atoms with Gasteiger partial charge in [-0.15, -0.1) is 0 Å². The van der Waals surface area contributed by atoms with E-state index in [9.17, 15) is 9.59 Å². The van der Waals surface area contributed by atoms with Gasteiger partial charge in [0.25, 0.3) is 0 Å². The average molecular weight is 326 g/mol. The first-order chi connectivity index (χ1) is 11.7. The molecule has 1 fully saturated rings. The van der Waals surface area contributed by atoms with Crippen molar-refractivity contribution in [1.29, 1.82) is 0 Å². The van der Waals surface area contributed by atoms with Gasteiger partial charge in [-0.2, -0.15) is 0 Å². The molecule has 0 bridgehead atoms. The molecular weight excluding hydrogens is 304 g/mol. The minimum atomic E-state index is -0.110. The molecule has 1 heterocycles. The van der Waals surface area contributed by atoms with E-state index in [-0.39, 0.29) is 29.8 Å². The third-order valence-electron chi connectivity index (χ3n) is 4.83. The van der Waals surface area contributed by atoms with Crippen LogP contribution in [0.3, 0.4) is 0 Å². The third kappa shape index (κ3) is 3.58. The normalized spacial score (nSPS) is 19.0. The molecule has 1 aromatic heterocycles. The van der Waals surface area contributed by atoms with Crippen molar-refractivity contribution in [3.63, 3.8) is 0 Å². The summed E-state index contributed by atoms with van der Waals surface area (Å²) in [6.45, 7) is 0. The molecule has 0 N–H and O–H groups in total. The standard InChI is InChI=1S/C20H22O4/c1-23-15-10-8-14(9-11-15)17(16-5-2-3-6-18(16)21)13-19(22)20-7-4-12-24-20/h4,7-12,16-17H,2-3,5-6,13H2,1H3. The van der Waals surface area contributed by atoms with E-state index in [0.717, 1.165) is 30.6 Å². The van der Waals surface area contributed by atoms with Gasteiger partial charge in [-0.3, -0.25) is 9.59 Å². The van der Waals surface area contributed by atoms with Crippen molar-refractivity contribution in [2.75, 3.05) is 7.11 Å². The van der Waals surface area contributed by atoms with Crippen LogP contribution in [0.2, 0.25) is 0 Å². The van der Waals surface area contributed by atoms with Crippen LogP contribution in [0.4, 0.5) is 0 Å². The molecule has 2 aromatic rings. The highest BCUT2D eigenvalue weighted by atomic mass is 16.5. The first kappa shape index (κ1) is 16.5. The molecule has 1 saturated carbocycles. The number of furan rings is 1. The maximum atomic E-state index is 12.5. The molecule has 0 aliphatic heterocycles. The van der Waals surface area contributed by atoms with Gasteiger partial charge in [-0.1, -0.05) is 18.6 Å². The summed E-state index contributed by atoms with van der Waals surface area (Å²) in [5, 5.41) is 0. The van der Waals surface area contributed by atoms with Crippen molar-refractivity contribution in [1.82, 2.24) is 0 Å². The molecule has 2 atom stereocenters. The number of carbonyl (C=O) groups excluding carboxylic acids is 2. The van der Waals surface area contributed by atoms with Gasteiger partial charge in [0.1, 0.15) is 11.5 Å². The molecule has 1 aliphatic rings. The number of hydrogen-bond donors (Lipinski definition) is 0. The number of benzene rings is 1. The lowest BCUT2D eigenvalue weighted by Crippen LogP contribution is -2.27. The SMILES string of the molecule is COc1ccc(C(CC(=O)c2ccco2)C2CCCCC2=O)cc1. The van der Waals surface area contributed by atoms with Gasteiger partial charge in [0.2, 0.25) is 0 Å². The molecule has 0 radical (unpaired) electrons. The summed E-state index contributed by atoms with van der Waals surface area (Å²) in [7, 11) is 1.62. The zero-order chi connectivity index (χ0) is 16.9. The number of ether oxygens (including phenoxy) is 1. The minimum Gasteiger partial charge on any atom is -0.497 e. The summed E-state index contributed by atoms with van der Waals surface area (Å²) in [5.41, 5.74) is 1.01. The van der Waals surface area contributed by atoms with Crippen molar-refractivity contribution < 1.29 is 18.7 Å². The van der Waals surface area contributed by atoms with Crippen LogP contribution in [-0.2, 0) is 4.79 Å². The van der Waals surface area contributed by atoms with Crippen LogP contribution in [-0.4, -0.2) is 18.7 Å². The topological polar surface area (TPSA) is 56.5 Å². The highest BCUT2D eigenvalue weighted by Crippen LogP contribution is 2.37. The number of methoxy groups -OCH3 is 1. The molecule has 2 unspecified atom stereocenters. The Kier molecular flexibility index (Phi) is 5.14. The van der Waals surface area contributed by atoms with Crippen LogP contribution in [0.5, 0.6) is 5.75 Å². The lowest BCUT2D eigenvalue weighted by atomic mass is 9.74. The van der Waals surface area contributed by atoms with Crippen LogP contribution in [0.25, 0.3) is 0 Å². The van der Waals surface area contributed by atoms with Gasteiger partial charge in [0.15, 0.2) is 11.5 Å². The Morgan fingerprint density at radius 1 is 1.25 bits per heavy atom. The molecule has 0 amide bonds. The van der Waals surface area contributed by atoms with E-state index in [4.69, 9.17) is 9.15 Å². The Bertz CT molecular complexity index is 685. The fourth-order valence-corrected chi connectivity index (χ4v) is 3.52. The number of carbonyl (C=O) groups is 2. The van der Waals surface area contributed by atoms with Crippen molar-refractivity contribution in [2.24, 2.45) is 5.92 Å². The predicted octanol–water partition coefficient (Wildman–Crippen LogP) is 4.40. The Balaban J connectivity index is 1.87. The lowest BCUT2D eigenvalue weighted by molar-refractivity contribution is -0.125. The molecule has 1 aromatic carbocycles. The van der Waals surface area contributed by atoms with E-state index in [0.29, 0.717) is 12.2 Å². The number of hydrogen-bond acceptors (Lipinski definition) is 4. The molecule has 3 rings (SSSR count). The van der Waals surface area contributed by atoms with Gasteiger partial charge in [-0.05, 0) is 42.7 Å². The largest absolute Gasteiger partial charge is 0.497 e. The average Bonchev–Trinajstić information content (AvgIpc) is 3.15. The van der Waals surface area contributed by atoms with E-state index >= 15 is 0 Å². The van der Waals surface area contributed by atoms with Gasteiger partial charge in [0.05, 0.1) is 13.4 Å². The molecular formula is C20H22O4. The van der Waals surface area contributed by atoms with Crippen molar-refractivity contribution >= 4 is 11.6 Å². The van der Waals surface area contributed by atoms with Crippen LogP contribution >= 0.6 is 0 Å². The zero-order valence-electron chi connectivity index (χ0n) is 13.9. The maximum Gasteiger partial charge on any atom is 0.198 e. The first-order valence-electron chi connectivity index (χ1n) is 8.42. The summed E-state index contributed by atoms with van der Waals surface area (Å²) in [4.78, 5) is 25.0. The Labute approximate surface area is 141 Å². The monoisotopic (exact) mass is 326 g/mol. The molecule has 0 spiro atoms. The summed E-state index contributed by atoms with van der Waals surface area (Å²) < 4.78 is 10.4. The molecule has 4 heteroatoms. The second kappa shape index (κ2) is 7.47. The van der Waals surface area contributed by atoms with Crippen molar-refractivity contribution in [2.45, 2.75) is 38.0 Å². The van der Waals surface area contributed by atoms with E-state index in [2.05, 4.69) is 0 Å². The van der Waals surface area contributed by atoms with Crippen molar-refractivity contribution in [3.8, 4) is 5.75 Å². The summed E-state index contributed by atoms with van der Waals surface area (Å²) in [5.74, 6) is 1.14. The van der Waals surface area contributed by atoms with Crippen molar-refractivity contribution in [3.05, 3.63) is 54.0 Å². The van der Waals surface area contributed by atoms with E-state index < -0.39 is 0 Å². The zero-order valence-corrected chi connectivity index (χ0v) is 13.9. The molecule has 4 nitrogen and oxygen atoms in total. The fourth-order valence-electron chi connectivity index (χ4n) is 3.52. The smallest absolute Gasteiger partial charge is 0.198 e. The summed E-state index contributed by atoms with van der Waals surface area (Å²) >= 11 is 0. The number of rotatable bonds is 6. The first-order valence-corrected chi connectivity index (χ1v) is 8.42. The van der Waals surface area contributed by atoms with Crippen LogP contribution in [0.1, 0.15) is 54.1 Å². The second-order valence-corrected chi connectivity index (χ2v) is 6.30.